The van der Waals surface area contributed by atoms with Gasteiger partial charge in [0.1, 0.15) is 12.6 Å². The smallest absolute Gasteiger partial charge is 0.244 e. The second kappa shape index (κ2) is 11.3. The first-order chi connectivity index (χ1) is 15.0. The number of halogens is 1. The minimum absolute atomic E-state index is 0.179. The molecule has 0 aliphatic heterocycles. The maximum atomic E-state index is 13.3. The Kier molecular flexibility index (Phi) is 9.09. The van der Waals surface area contributed by atoms with Crippen LogP contribution in [0.2, 0.25) is 5.02 Å². The zero-order chi connectivity index (χ0) is 23.9. The lowest BCUT2D eigenvalue weighted by molar-refractivity contribution is -0.139. The summed E-state index contributed by atoms with van der Waals surface area (Å²) in [6, 6.07) is 13.1. The molecule has 9 heteroatoms. The van der Waals surface area contributed by atoms with Gasteiger partial charge in [0.25, 0.3) is 0 Å². The molecule has 0 saturated carbocycles. The highest BCUT2D eigenvalue weighted by molar-refractivity contribution is 7.92. The zero-order valence-electron chi connectivity index (χ0n) is 18.8. The molecule has 0 bridgehead atoms. The average Bonchev–Trinajstić information content (AvgIpc) is 2.74. The van der Waals surface area contributed by atoms with Gasteiger partial charge in [-0.3, -0.25) is 13.9 Å². The molecule has 0 unspecified atom stereocenters. The molecule has 1 N–H and O–H groups in total. The Bertz CT molecular complexity index is 1020. The van der Waals surface area contributed by atoms with Crippen LogP contribution in [0.25, 0.3) is 0 Å². The summed E-state index contributed by atoms with van der Waals surface area (Å²) in [6.07, 6.45) is 1.80. The number of sulfonamides is 1. The molecule has 0 saturated heterocycles. The van der Waals surface area contributed by atoms with Crippen LogP contribution in [0.3, 0.4) is 0 Å². The van der Waals surface area contributed by atoms with Crippen LogP contribution >= 0.6 is 11.6 Å². The van der Waals surface area contributed by atoms with E-state index < -0.39 is 28.5 Å². The number of hydrogen-bond acceptors (Lipinski definition) is 4. The molecule has 2 amide bonds. The number of anilines is 1. The van der Waals surface area contributed by atoms with Crippen molar-refractivity contribution in [2.75, 3.05) is 23.7 Å². The van der Waals surface area contributed by atoms with Crippen molar-refractivity contribution >= 4 is 39.1 Å². The van der Waals surface area contributed by atoms with Gasteiger partial charge < -0.3 is 10.2 Å². The lowest BCUT2D eigenvalue weighted by atomic mass is 10.1. The quantitative estimate of drug-likeness (QED) is 0.566. The first-order valence-electron chi connectivity index (χ1n) is 10.4. The molecule has 2 aromatic rings. The molecule has 174 valence electrons. The van der Waals surface area contributed by atoms with Gasteiger partial charge in [-0.2, -0.15) is 0 Å². The summed E-state index contributed by atoms with van der Waals surface area (Å²) in [5.74, 6) is -0.769. The predicted octanol–water partition coefficient (Wildman–Crippen LogP) is 3.36. The van der Waals surface area contributed by atoms with Crippen LogP contribution in [0, 0.1) is 6.92 Å². The Balaban J connectivity index is 2.34. The Morgan fingerprint density at radius 2 is 1.66 bits per heavy atom. The standard InChI is InChI=1S/C23H30ClN3O4S/c1-5-14-25-23(29)18(3)26(15-19-8-6-17(2)7-9-19)22(28)16-27(32(4,30)31)21-12-10-20(24)11-13-21/h6-13,18H,5,14-16H2,1-4H3,(H,25,29)/t18-/m0/s1. The number of benzene rings is 2. The van der Waals surface area contributed by atoms with Crippen LogP contribution in [0.4, 0.5) is 5.69 Å². The van der Waals surface area contributed by atoms with E-state index in [4.69, 9.17) is 11.6 Å². The first-order valence-corrected chi connectivity index (χ1v) is 12.6. The SMILES string of the molecule is CCCNC(=O)[C@H](C)N(Cc1ccc(C)cc1)C(=O)CN(c1ccc(Cl)cc1)S(C)(=O)=O. The molecule has 0 aliphatic carbocycles. The summed E-state index contributed by atoms with van der Waals surface area (Å²) in [6.45, 7) is 5.79. The van der Waals surface area contributed by atoms with E-state index in [-0.39, 0.29) is 12.5 Å². The van der Waals surface area contributed by atoms with Crippen LogP contribution in [-0.2, 0) is 26.2 Å². The Morgan fingerprint density at radius 3 is 2.19 bits per heavy atom. The van der Waals surface area contributed by atoms with E-state index in [2.05, 4.69) is 5.32 Å². The van der Waals surface area contributed by atoms with Gasteiger partial charge in [0.15, 0.2) is 0 Å². The van der Waals surface area contributed by atoms with Crippen LogP contribution in [0.15, 0.2) is 48.5 Å². The fraction of sp³-hybridized carbons (Fsp3) is 0.391. The van der Waals surface area contributed by atoms with Gasteiger partial charge >= 0.3 is 0 Å². The van der Waals surface area contributed by atoms with Gasteiger partial charge in [-0.25, -0.2) is 8.42 Å². The van der Waals surface area contributed by atoms with Gasteiger partial charge in [-0.1, -0.05) is 48.4 Å². The van der Waals surface area contributed by atoms with Crippen molar-refractivity contribution in [1.82, 2.24) is 10.2 Å². The fourth-order valence-electron chi connectivity index (χ4n) is 3.09. The summed E-state index contributed by atoms with van der Waals surface area (Å²) in [5.41, 5.74) is 2.24. The third-order valence-electron chi connectivity index (χ3n) is 4.98. The van der Waals surface area contributed by atoms with Crippen molar-refractivity contribution in [3.8, 4) is 0 Å². The highest BCUT2D eigenvalue weighted by Crippen LogP contribution is 2.21. The molecule has 0 fully saturated rings. The zero-order valence-corrected chi connectivity index (χ0v) is 20.4. The fourth-order valence-corrected chi connectivity index (χ4v) is 4.07. The van der Waals surface area contributed by atoms with E-state index >= 15 is 0 Å². The van der Waals surface area contributed by atoms with Crippen LogP contribution < -0.4 is 9.62 Å². The van der Waals surface area contributed by atoms with Gasteiger partial charge in [0.05, 0.1) is 11.9 Å². The van der Waals surface area contributed by atoms with Crippen molar-refractivity contribution in [2.24, 2.45) is 0 Å². The van der Waals surface area contributed by atoms with Crippen molar-refractivity contribution in [2.45, 2.75) is 39.8 Å². The normalized spacial score (nSPS) is 12.2. The highest BCUT2D eigenvalue weighted by Gasteiger charge is 2.29. The molecule has 32 heavy (non-hydrogen) atoms. The Labute approximate surface area is 195 Å². The predicted molar refractivity (Wildman–Crippen MR) is 128 cm³/mol. The van der Waals surface area contributed by atoms with E-state index in [1.807, 2.05) is 38.1 Å². The van der Waals surface area contributed by atoms with Crippen molar-refractivity contribution in [1.29, 1.82) is 0 Å². The van der Waals surface area contributed by atoms with E-state index in [0.717, 1.165) is 28.1 Å². The van der Waals surface area contributed by atoms with Gasteiger partial charge in [0, 0.05) is 18.1 Å². The summed E-state index contributed by atoms with van der Waals surface area (Å²) >= 11 is 5.92. The second-order valence-electron chi connectivity index (χ2n) is 7.72. The Morgan fingerprint density at radius 1 is 1.06 bits per heavy atom. The molecule has 0 heterocycles. The number of aryl methyl sites for hydroxylation is 1. The summed E-state index contributed by atoms with van der Waals surface area (Å²) in [7, 11) is -3.76. The molecule has 1 atom stereocenters. The van der Waals surface area contributed by atoms with Crippen molar-refractivity contribution in [3.05, 3.63) is 64.7 Å². The summed E-state index contributed by atoms with van der Waals surface area (Å²) in [4.78, 5) is 27.4. The number of amides is 2. The molecule has 2 rings (SSSR count). The molecule has 0 radical (unpaired) electrons. The number of hydrogen-bond donors (Lipinski definition) is 1. The summed E-state index contributed by atoms with van der Waals surface area (Å²) in [5, 5.41) is 3.26. The molecular formula is C23H30ClN3O4S. The number of carbonyl (C=O) groups is 2. The highest BCUT2D eigenvalue weighted by atomic mass is 35.5. The molecule has 0 spiro atoms. The molecule has 0 aliphatic rings. The van der Waals surface area contributed by atoms with E-state index in [0.29, 0.717) is 17.3 Å². The third kappa shape index (κ3) is 7.24. The minimum atomic E-state index is -3.76. The number of nitrogens with one attached hydrogen (secondary N) is 1. The average molecular weight is 480 g/mol. The largest absolute Gasteiger partial charge is 0.354 e. The maximum absolute atomic E-state index is 13.3. The molecular weight excluding hydrogens is 450 g/mol. The second-order valence-corrected chi connectivity index (χ2v) is 10.1. The van der Waals surface area contributed by atoms with Crippen LogP contribution in [0.1, 0.15) is 31.4 Å². The lowest BCUT2D eigenvalue weighted by Gasteiger charge is -2.31. The van der Waals surface area contributed by atoms with Crippen molar-refractivity contribution < 1.29 is 18.0 Å². The number of rotatable bonds is 10. The van der Waals surface area contributed by atoms with Crippen LogP contribution in [-0.4, -0.2) is 50.5 Å². The molecule has 0 aromatic heterocycles. The lowest BCUT2D eigenvalue weighted by Crippen LogP contribution is -2.51. The summed E-state index contributed by atoms with van der Waals surface area (Å²) < 4.78 is 25.9. The number of nitrogens with zero attached hydrogens (tertiary/aromatic N) is 2. The van der Waals surface area contributed by atoms with E-state index in [9.17, 15) is 18.0 Å². The van der Waals surface area contributed by atoms with Gasteiger partial charge in [-0.15, -0.1) is 0 Å². The minimum Gasteiger partial charge on any atom is -0.354 e. The monoisotopic (exact) mass is 479 g/mol. The molecule has 7 nitrogen and oxygen atoms in total. The number of carbonyl (C=O) groups excluding carboxylic acids is 2. The van der Waals surface area contributed by atoms with Crippen molar-refractivity contribution in [3.63, 3.8) is 0 Å². The third-order valence-corrected chi connectivity index (χ3v) is 6.38. The van der Waals surface area contributed by atoms with E-state index in [1.54, 1.807) is 31.2 Å². The van der Waals surface area contributed by atoms with Gasteiger partial charge in [-0.05, 0) is 50.1 Å². The first kappa shape index (κ1) is 25.7. The van der Waals surface area contributed by atoms with Crippen LogP contribution in [0.5, 0.6) is 0 Å². The Hall–Kier alpha value is -2.58. The molecule has 2 aromatic carbocycles. The van der Waals surface area contributed by atoms with E-state index in [1.165, 1.54) is 4.90 Å². The topological polar surface area (TPSA) is 86.8 Å². The maximum Gasteiger partial charge on any atom is 0.244 e. The van der Waals surface area contributed by atoms with Gasteiger partial charge in [0.2, 0.25) is 21.8 Å².